The van der Waals surface area contributed by atoms with Crippen molar-refractivity contribution in [1.29, 1.82) is 0 Å². The highest BCUT2D eigenvalue weighted by Gasteiger charge is 2.20. The van der Waals surface area contributed by atoms with E-state index in [-0.39, 0.29) is 0 Å². The van der Waals surface area contributed by atoms with Crippen LogP contribution < -0.4 is 11.1 Å². The highest BCUT2D eigenvalue weighted by Crippen LogP contribution is 2.27. The number of oxime groups is 1. The van der Waals surface area contributed by atoms with Crippen LogP contribution in [0.15, 0.2) is 5.16 Å². The van der Waals surface area contributed by atoms with Gasteiger partial charge in [0.15, 0.2) is 0 Å². The molecule has 0 radical (unpaired) electrons. The monoisotopic (exact) mass is 199 g/mol. The van der Waals surface area contributed by atoms with E-state index in [4.69, 9.17) is 10.9 Å². The lowest BCUT2D eigenvalue weighted by atomic mass is 10.00. The SMILES string of the molecule is C[C@H](NCCC(N)=NO)C1CCCC1. The van der Waals surface area contributed by atoms with Gasteiger partial charge in [0.25, 0.3) is 0 Å². The Balaban J connectivity index is 2.11. The summed E-state index contributed by atoms with van der Waals surface area (Å²) >= 11 is 0. The lowest BCUT2D eigenvalue weighted by Gasteiger charge is -2.20. The second-order valence-corrected chi connectivity index (χ2v) is 4.13. The molecule has 0 aromatic heterocycles. The molecule has 0 aromatic rings. The predicted octanol–water partition coefficient (Wildman–Crippen LogP) is 1.29. The molecule has 0 aromatic carbocycles. The van der Waals surface area contributed by atoms with Crippen molar-refractivity contribution < 1.29 is 5.21 Å². The van der Waals surface area contributed by atoms with E-state index in [1.807, 2.05) is 0 Å². The molecule has 1 fully saturated rings. The van der Waals surface area contributed by atoms with Crippen LogP contribution in [0.3, 0.4) is 0 Å². The molecule has 4 heteroatoms. The summed E-state index contributed by atoms with van der Waals surface area (Å²) in [5.41, 5.74) is 5.37. The second-order valence-electron chi connectivity index (χ2n) is 4.13. The van der Waals surface area contributed by atoms with E-state index in [9.17, 15) is 0 Å². The van der Waals surface area contributed by atoms with Crippen molar-refractivity contribution in [3.63, 3.8) is 0 Å². The van der Waals surface area contributed by atoms with E-state index in [0.29, 0.717) is 18.3 Å². The molecule has 82 valence electrons. The van der Waals surface area contributed by atoms with E-state index in [1.165, 1.54) is 25.7 Å². The van der Waals surface area contributed by atoms with E-state index >= 15 is 0 Å². The molecule has 0 heterocycles. The fourth-order valence-electron chi connectivity index (χ4n) is 2.10. The van der Waals surface area contributed by atoms with Crippen LogP contribution in [-0.2, 0) is 0 Å². The van der Waals surface area contributed by atoms with E-state index in [0.717, 1.165) is 12.5 Å². The summed E-state index contributed by atoms with van der Waals surface area (Å²) in [4.78, 5) is 0. The zero-order valence-corrected chi connectivity index (χ0v) is 8.87. The first-order chi connectivity index (χ1) is 6.74. The van der Waals surface area contributed by atoms with Gasteiger partial charge in [0.2, 0.25) is 0 Å². The number of hydrogen-bond donors (Lipinski definition) is 3. The van der Waals surface area contributed by atoms with Crippen molar-refractivity contribution in [1.82, 2.24) is 5.32 Å². The molecule has 1 aliphatic carbocycles. The lowest BCUT2D eigenvalue weighted by Crippen LogP contribution is -2.34. The van der Waals surface area contributed by atoms with E-state index < -0.39 is 0 Å². The molecule has 4 nitrogen and oxygen atoms in total. The molecule has 1 atom stereocenters. The molecule has 0 bridgehead atoms. The predicted molar refractivity (Wildman–Crippen MR) is 57.4 cm³/mol. The summed E-state index contributed by atoms with van der Waals surface area (Å²) < 4.78 is 0. The van der Waals surface area contributed by atoms with Gasteiger partial charge in [-0.05, 0) is 25.7 Å². The number of amidine groups is 1. The largest absolute Gasteiger partial charge is 0.409 e. The Kier molecular flexibility index (Phi) is 4.73. The van der Waals surface area contributed by atoms with Gasteiger partial charge in [-0.2, -0.15) is 0 Å². The van der Waals surface area contributed by atoms with Crippen molar-refractivity contribution in [2.75, 3.05) is 6.54 Å². The molecule has 0 amide bonds. The minimum absolute atomic E-state index is 0.302. The standard InChI is InChI=1S/C10H21N3O/c1-8(9-4-2-3-5-9)12-7-6-10(11)13-14/h8-9,12,14H,2-7H2,1H3,(H2,11,13)/t8-/m0/s1. The summed E-state index contributed by atoms with van der Waals surface area (Å²) in [7, 11) is 0. The highest BCUT2D eigenvalue weighted by molar-refractivity contribution is 5.79. The van der Waals surface area contributed by atoms with Gasteiger partial charge >= 0.3 is 0 Å². The smallest absolute Gasteiger partial charge is 0.140 e. The molecule has 1 saturated carbocycles. The Bertz CT molecular complexity index is 188. The first-order valence-electron chi connectivity index (χ1n) is 5.44. The fourth-order valence-corrected chi connectivity index (χ4v) is 2.10. The lowest BCUT2D eigenvalue weighted by molar-refractivity contribution is 0.316. The maximum atomic E-state index is 8.35. The van der Waals surface area contributed by atoms with Crippen molar-refractivity contribution >= 4 is 5.84 Å². The van der Waals surface area contributed by atoms with Gasteiger partial charge in [-0.25, -0.2) is 0 Å². The number of hydrogen-bond acceptors (Lipinski definition) is 3. The van der Waals surface area contributed by atoms with E-state index in [1.54, 1.807) is 0 Å². The normalized spacial score (nSPS) is 21.4. The van der Waals surface area contributed by atoms with Gasteiger partial charge in [0, 0.05) is 19.0 Å². The van der Waals surface area contributed by atoms with Crippen molar-refractivity contribution in [3.8, 4) is 0 Å². The van der Waals surface area contributed by atoms with Crippen LogP contribution in [0.25, 0.3) is 0 Å². The highest BCUT2D eigenvalue weighted by atomic mass is 16.4. The van der Waals surface area contributed by atoms with Gasteiger partial charge in [-0.15, -0.1) is 0 Å². The average Bonchev–Trinajstić information content (AvgIpc) is 2.70. The molecule has 1 aliphatic rings. The fraction of sp³-hybridized carbons (Fsp3) is 0.900. The van der Waals surface area contributed by atoms with Crippen LogP contribution in [-0.4, -0.2) is 23.6 Å². The maximum absolute atomic E-state index is 8.35. The quantitative estimate of drug-likeness (QED) is 0.270. The molecular weight excluding hydrogens is 178 g/mol. The summed E-state index contributed by atoms with van der Waals surface area (Å²) in [5, 5.41) is 14.7. The number of nitrogens with one attached hydrogen (secondary N) is 1. The van der Waals surface area contributed by atoms with Crippen LogP contribution in [0.2, 0.25) is 0 Å². The molecule has 0 unspecified atom stereocenters. The first kappa shape index (κ1) is 11.3. The Morgan fingerprint density at radius 3 is 2.79 bits per heavy atom. The van der Waals surface area contributed by atoms with Gasteiger partial charge in [0.1, 0.15) is 5.84 Å². The minimum Gasteiger partial charge on any atom is -0.409 e. The zero-order valence-electron chi connectivity index (χ0n) is 8.87. The average molecular weight is 199 g/mol. The summed E-state index contributed by atoms with van der Waals surface area (Å²) in [6.45, 7) is 3.02. The summed E-state index contributed by atoms with van der Waals surface area (Å²) in [6, 6.07) is 0.559. The van der Waals surface area contributed by atoms with Crippen LogP contribution in [0, 0.1) is 5.92 Å². The number of nitrogens with two attached hydrogens (primary N) is 1. The third kappa shape index (κ3) is 3.54. The molecule has 4 N–H and O–H groups in total. The molecule has 14 heavy (non-hydrogen) atoms. The summed E-state index contributed by atoms with van der Waals surface area (Å²) in [5.74, 6) is 1.12. The van der Waals surface area contributed by atoms with Crippen LogP contribution in [0.4, 0.5) is 0 Å². The molecule has 0 spiro atoms. The summed E-state index contributed by atoms with van der Waals surface area (Å²) in [6.07, 6.45) is 6.05. The third-order valence-electron chi connectivity index (χ3n) is 3.08. The number of nitrogens with zero attached hydrogens (tertiary/aromatic N) is 1. The van der Waals surface area contributed by atoms with Crippen molar-refractivity contribution in [2.24, 2.45) is 16.8 Å². The van der Waals surface area contributed by atoms with Crippen molar-refractivity contribution in [2.45, 2.75) is 45.1 Å². The Morgan fingerprint density at radius 2 is 2.21 bits per heavy atom. The Hall–Kier alpha value is -0.770. The van der Waals surface area contributed by atoms with Gasteiger partial charge in [-0.1, -0.05) is 18.0 Å². The third-order valence-corrected chi connectivity index (χ3v) is 3.08. The second kappa shape index (κ2) is 5.86. The Morgan fingerprint density at radius 1 is 1.57 bits per heavy atom. The Labute approximate surface area is 85.6 Å². The van der Waals surface area contributed by atoms with Crippen LogP contribution in [0.5, 0.6) is 0 Å². The van der Waals surface area contributed by atoms with Crippen LogP contribution >= 0.6 is 0 Å². The minimum atomic E-state index is 0.302. The van der Waals surface area contributed by atoms with E-state index in [2.05, 4.69) is 17.4 Å². The maximum Gasteiger partial charge on any atom is 0.140 e. The topological polar surface area (TPSA) is 70.6 Å². The van der Waals surface area contributed by atoms with Gasteiger partial charge in [-0.3, -0.25) is 0 Å². The van der Waals surface area contributed by atoms with Gasteiger partial charge in [0.05, 0.1) is 0 Å². The van der Waals surface area contributed by atoms with Gasteiger partial charge < -0.3 is 16.3 Å². The van der Waals surface area contributed by atoms with Crippen LogP contribution in [0.1, 0.15) is 39.0 Å². The first-order valence-corrected chi connectivity index (χ1v) is 5.44. The number of rotatable bonds is 5. The molecular formula is C10H21N3O. The molecule has 0 saturated heterocycles. The zero-order chi connectivity index (χ0) is 10.4. The molecule has 1 rings (SSSR count). The molecule has 0 aliphatic heterocycles. The van der Waals surface area contributed by atoms with Crippen molar-refractivity contribution in [3.05, 3.63) is 0 Å².